The van der Waals surface area contributed by atoms with Crippen molar-refractivity contribution in [3.05, 3.63) is 29.8 Å². The number of aliphatic hydroxyl groups excluding tert-OH is 1. The molecule has 0 spiro atoms. The van der Waals surface area contributed by atoms with Crippen LogP contribution in [-0.4, -0.2) is 18.8 Å². The van der Waals surface area contributed by atoms with Crippen LogP contribution in [0.25, 0.3) is 0 Å². The van der Waals surface area contributed by atoms with Gasteiger partial charge in [-0.2, -0.15) is 0 Å². The molecular weight excluding hydrogens is 212 g/mol. The minimum atomic E-state index is 0.255. The number of benzene rings is 1. The molecule has 0 fully saturated rings. The standard InChI is InChI=1S/C15H24O2/c1-12(2)8-9-13(11-16)10-14-6-4-5-7-15(14)17-3/h4-7,12-13,16H,8-11H2,1-3H3. The quantitative estimate of drug-likeness (QED) is 0.787. The number of para-hydroxylation sites is 1. The number of aliphatic hydroxyl groups is 1. The predicted octanol–water partition coefficient (Wildman–Crippen LogP) is 3.28. The van der Waals surface area contributed by atoms with Crippen molar-refractivity contribution in [2.24, 2.45) is 11.8 Å². The van der Waals surface area contributed by atoms with Crippen LogP contribution in [0.5, 0.6) is 5.75 Å². The van der Waals surface area contributed by atoms with Gasteiger partial charge in [0.1, 0.15) is 5.75 Å². The van der Waals surface area contributed by atoms with E-state index in [1.54, 1.807) is 7.11 Å². The van der Waals surface area contributed by atoms with Crippen LogP contribution in [0.1, 0.15) is 32.3 Å². The van der Waals surface area contributed by atoms with Gasteiger partial charge in [-0.05, 0) is 36.3 Å². The van der Waals surface area contributed by atoms with Gasteiger partial charge in [-0.15, -0.1) is 0 Å². The first-order chi connectivity index (χ1) is 8.17. The molecule has 1 atom stereocenters. The van der Waals surface area contributed by atoms with E-state index in [0.29, 0.717) is 11.8 Å². The van der Waals surface area contributed by atoms with Gasteiger partial charge in [-0.3, -0.25) is 0 Å². The Bertz CT molecular complexity index is 320. The van der Waals surface area contributed by atoms with Crippen molar-refractivity contribution >= 4 is 0 Å². The molecular formula is C15H24O2. The van der Waals surface area contributed by atoms with Crippen molar-refractivity contribution in [2.45, 2.75) is 33.1 Å². The molecule has 0 aromatic heterocycles. The summed E-state index contributed by atoms with van der Waals surface area (Å²) < 4.78 is 5.33. The summed E-state index contributed by atoms with van der Waals surface area (Å²) in [5.74, 6) is 1.96. The summed E-state index contributed by atoms with van der Waals surface area (Å²) in [6, 6.07) is 8.06. The largest absolute Gasteiger partial charge is 0.496 e. The Hall–Kier alpha value is -1.02. The van der Waals surface area contributed by atoms with Gasteiger partial charge in [0.15, 0.2) is 0 Å². The third-order valence-electron chi connectivity index (χ3n) is 3.11. The Morgan fingerprint density at radius 2 is 1.88 bits per heavy atom. The van der Waals surface area contributed by atoms with Gasteiger partial charge in [-0.1, -0.05) is 38.5 Å². The van der Waals surface area contributed by atoms with Crippen molar-refractivity contribution in [1.82, 2.24) is 0 Å². The summed E-state index contributed by atoms with van der Waals surface area (Å²) in [5.41, 5.74) is 1.19. The van der Waals surface area contributed by atoms with Crippen LogP contribution < -0.4 is 4.74 Å². The van der Waals surface area contributed by atoms with Gasteiger partial charge in [0, 0.05) is 6.61 Å². The molecule has 1 N–H and O–H groups in total. The smallest absolute Gasteiger partial charge is 0.122 e. The number of methoxy groups -OCH3 is 1. The summed E-state index contributed by atoms with van der Waals surface area (Å²) in [5, 5.41) is 9.42. The summed E-state index contributed by atoms with van der Waals surface area (Å²) in [6.45, 7) is 4.69. The highest BCUT2D eigenvalue weighted by molar-refractivity contribution is 5.33. The van der Waals surface area contributed by atoms with Crippen molar-refractivity contribution in [3.63, 3.8) is 0 Å². The first-order valence-corrected chi connectivity index (χ1v) is 6.40. The van der Waals surface area contributed by atoms with E-state index in [4.69, 9.17) is 4.74 Å². The number of ether oxygens (including phenoxy) is 1. The average molecular weight is 236 g/mol. The lowest BCUT2D eigenvalue weighted by atomic mass is 9.92. The summed E-state index contributed by atoms with van der Waals surface area (Å²) in [7, 11) is 1.70. The van der Waals surface area contributed by atoms with E-state index in [-0.39, 0.29) is 6.61 Å². The second kappa shape index (κ2) is 7.33. The molecule has 1 aromatic rings. The van der Waals surface area contributed by atoms with E-state index >= 15 is 0 Å². The Morgan fingerprint density at radius 3 is 2.47 bits per heavy atom. The van der Waals surface area contributed by atoms with Crippen LogP contribution >= 0.6 is 0 Å². The lowest BCUT2D eigenvalue weighted by Crippen LogP contribution is -2.11. The zero-order valence-corrected chi connectivity index (χ0v) is 11.1. The molecule has 96 valence electrons. The number of rotatable bonds is 7. The first kappa shape index (κ1) is 14.0. The molecule has 0 aliphatic carbocycles. The van der Waals surface area contributed by atoms with Crippen molar-refractivity contribution < 1.29 is 9.84 Å². The fourth-order valence-electron chi connectivity index (χ4n) is 2.01. The molecule has 17 heavy (non-hydrogen) atoms. The maximum Gasteiger partial charge on any atom is 0.122 e. The maximum absolute atomic E-state index is 9.42. The molecule has 0 amide bonds. The van der Waals surface area contributed by atoms with E-state index in [9.17, 15) is 5.11 Å². The fraction of sp³-hybridized carbons (Fsp3) is 0.600. The second-order valence-corrected chi connectivity index (χ2v) is 5.04. The Kier molecular flexibility index (Phi) is 6.06. The molecule has 1 unspecified atom stereocenters. The Balaban J connectivity index is 2.60. The van der Waals surface area contributed by atoms with Crippen molar-refractivity contribution in [1.29, 1.82) is 0 Å². The molecule has 0 heterocycles. The normalized spacial score (nSPS) is 12.8. The van der Waals surface area contributed by atoms with Gasteiger partial charge in [0.05, 0.1) is 7.11 Å². The second-order valence-electron chi connectivity index (χ2n) is 5.04. The monoisotopic (exact) mass is 236 g/mol. The zero-order valence-electron chi connectivity index (χ0n) is 11.1. The van der Waals surface area contributed by atoms with Crippen molar-refractivity contribution in [3.8, 4) is 5.75 Å². The highest BCUT2D eigenvalue weighted by Crippen LogP contribution is 2.23. The van der Waals surface area contributed by atoms with Gasteiger partial charge in [-0.25, -0.2) is 0 Å². The van der Waals surface area contributed by atoms with Gasteiger partial charge < -0.3 is 9.84 Å². The fourth-order valence-corrected chi connectivity index (χ4v) is 2.01. The highest BCUT2D eigenvalue weighted by atomic mass is 16.5. The van der Waals surface area contributed by atoms with Crippen LogP contribution in [-0.2, 0) is 6.42 Å². The lowest BCUT2D eigenvalue weighted by Gasteiger charge is -2.17. The predicted molar refractivity (Wildman–Crippen MR) is 71.3 cm³/mol. The van der Waals surface area contributed by atoms with E-state index in [2.05, 4.69) is 19.9 Å². The third kappa shape index (κ3) is 4.78. The molecule has 0 saturated carbocycles. The van der Waals surface area contributed by atoms with E-state index < -0.39 is 0 Å². The van der Waals surface area contributed by atoms with Crippen LogP contribution in [0.15, 0.2) is 24.3 Å². The molecule has 2 nitrogen and oxygen atoms in total. The molecule has 1 rings (SSSR count). The molecule has 2 heteroatoms. The van der Waals surface area contributed by atoms with Crippen molar-refractivity contribution in [2.75, 3.05) is 13.7 Å². The summed E-state index contributed by atoms with van der Waals surface area (Å²) >= 11 is 0. The Morgan fingerprint density at radius 1 is 1.18 bits per heavy atom. The summed E-state index contributed by atoms with van der Waals surface area (Å²) in [4.78, 5) is 0. The minimum Gasteiger partial charge on any atom is -0.496 e. The van der Waals surface area contributed by atoms with Crippen LogP contribution in [0, 0.1) is 11.8 Å². The molecule has 0 aliphatic rings. The van der Waals surface area contributed by atoms with Gasteiger partial charge in [0.25, 0.3) is 0 Å². The highest BCUT2D eigenvalue weighted by Gasteiger charge is 2.12. The zero-order chi connectivity index (χ0) is 12.7. The van der Waals surface area contributed by atoms with Crippen LogP contribution in [0.4, 0.5) is 0 Å². The minimum absolute atomic E-state index is 0.255. The number of hydrogen-bond donors (Lipinski definition) is 1. The molecule has 0 radical (unpaired) electrons. The summed E-state index contributed by atoms with van der Waals surface area (Å²) in [6.07, 6.45) is 3.14. The Labute approximate surface area is 105 Å². The molecule has 0 bridgehead atoms. The van der Waals surface area contributed by atoms with Gasteiger partial charge in [0.2, 0.25) is 0 Å². The third-order valence-corrected chi connectivity index (χ3v) is 3.11. The average Bonchev–Trinajstić information content (AvgIpc) is 2.34. The van der Waals surface area contributed by atoms with Gasteiger partial charge >= 0.3 is 0 Å². The van der Waals surface area contributed by atoms with Crippen LogP contribution in [0.2, 0.25) is 0 Å². The van der Waals surface area contributed by atoms with E-state index in [1.165, 1.54) is 12.0 Å². The molecule has 1 aromatic carbocycles. The lowest BCUT2D eigenvalue weighted by molar-refractivity contribution is 0.210. The first-order valence-electron chi connectivity index (χ1n) is 6.40. The molecule has 0 saturated heterocycles. The maximum atomic E-state index is 9.42. The number of hydrogen-bond acceptors (Lipinski definition) is 2. The molecule has 0 aliphatic heterocycles. The topological polar surface area (TPSA) is 29.5 Å². The van der Waals surface area contributed by atoms with E-state index in [1.807, 2.05) is 18.2 Å². The van der Waals surface area contributed by atoms with E-state index in [0.717, 1.165) is 18.6 Å². The van der Waals surface area contributed by atoms with Crippen LogP contribution in [0.3, 0.4) is 0 Å². The SMILES string of the molecule is COc1ccccc1CC(CO)CCC(C)C.